The quantitative estimate of drug-likeness (QED) is 0.771. The molecule has 0 aromatic heterocycles. The number of anilines is 2. The highest BCUT2D eigenvalue weighted by Crippen LogP contribution is 2.35. The molecule has 28 heavy (non-hydrogen) atoms. The van der Waals surface area contributed by atoms with Crippen LogP contribution in [0, 0.1) is 5.92 Å². The predicted molar refractivity (Wildman–Crippen MR) is 105 cm³/mol. The van der Waals surface area contributed by atoms with Gasteiger partial charge in [0.25, 0.3) is 0 Å². The van der Waals surface area contributed by atoms with Crippen molar-refractivity contribution < 1.29 is 19.1 Å². The van der Waals surface area contributed by atoms with Crippen molar-refractivity contribution in [3.8, 4) is 0 Å². The number of esters is 1. The van der Waals surface area contributed by atoms with Crippen molar-refractivity contribution in [3.63, 3.8) is 0 Å². The highest BCUT2D eigenvalue weighted by atomic mass is 16.5. The van der Waals surface area contributed by atoms with E-state index in [4.69, 9.17) is 4.74 Å². The molecule has 2 aliphatic rings. The Labute approximate surface area is 163 Å². The van der Waals surface area contributed by atoms with Gasteiger partial charge in [0.2, 0.25) is 11.8 Å². The van der Waals surface area contributed by atoms with Crippen LogP contribution in [0.2, 0.25) is 0 Å². The molecule has 1 fully saturated rings. The van der Waals surface area contributed by atoms with Crippen molar-refractivity contribution in [1.29, 1.82) is 0 Å². The Kier molecular flexibility index (Phi) is 4.63. The molecule has 2 amide bonds. The van der Waals surface area contributed by atoms with Crippen LogP contribution in [0.5, 0.6) is 0 Å². The minimum absolute atomic E-state index is 0.0163. The zero-order valence-electron chi connectivity index (χ0n) is 15.9. The first-order chi connectivity index (χ1) is 13.5. The molecular formula is C22H22N2O4. The van der Waals surface area contributed by atoms with E-state index in [9.17, 15) is 14.4 Å². The van der Waals surface area contributed by atoms with Crippen LogP contribution in [0.25, 0.3) is 0 Å². The molecule has 4 rings (SSSR count). The van der Waals surface area contributed by atoms with Crippen LogP contribution in [0.1, 0.15) is 29.3 Å². The average molecular weight is 378 g/mol. The number of para-hydroxylation sites is 1. The van der Waals surface area contributed by atoms with Crippen molar-refractivity contribution >= 4 is 29.2 Å². The number of hydrogen-bond acceptors (Lipinski definition) is 4. The highest BCUT2D eigenvalue weighted by molar-refractivity contribution is 6.05. The second kappa shape index (κ2) is 7.11. The van der Waals surface area contributed by atoms with Crippen LogP contribution in [0.3, 0.4) is 0 Å². The maximum atomic E-state index is 13.2. The van der Waals surface area contributed by atoms with Gasteiger partial charge in [0, 0.05) is 30.4 Å². The van der Waals surface area contributed by atoms with Crippen LogP contribution in [0.4, 0.5) is 11.4 Å². The first kappa shape index (κ1) is 18.2. The number of benzene rings is 2. The summed E-state index contributed by atoms with van der Waals surface area (Å²) in [6.07, 6.45) is 1.00. The number of hydrogen-bond donors (Lipinski definition) is 0. The molecule has 2 aromatic rings. The van der Waals surface area contributed by atoms with Crippen molar-refractivity contribution in [2.75, 3.05) is 23.5 Å². The third kappa shape index (κ3) is 3.05. The Hall–Kier alpha value is -3.15. The van der Waals surface area contributed by atoms with E-state index in [1.54, 1.807) is 29.2 Å². The second-order valence-electron chi connectivity index (χ2n) is 7.34. The van der Waals surface area contributed by atoms with Crippen molar-refractivity contribution in [3.05, 3.63) is 59.7 Å². The summed E-state index contributed by atoms with van der Waals surface area (Å²) in [5.74, 6) is -0.982. The number of carbonyl (C=O) groups excluding carboxylic acids is 3. The maximum absolute atomic E-state index is 13.2. The summed E-state index contributed by atoms with van der Waals surface area (Å²) < 4.78 is 4.75. The fraction of sp³-hybridized carbons (Fsp3) is 0.318. The van der Waals surface area contributed by atoms with E-state index in [1.165, 1.54) is 7.11 Å². The first-order valence-corrected chi connectivity index (χ1v) is 9.39. The fourth-order valence-electron chi connectivity index (χ4n) is 4.14. The molecule has 2 aliphatic heterocycles. The molecule has 2 aromatic carbocycles. The topological polar surface area (TPSA) is 66.9 Å². The van der Waals surface area contributed by atoms with E-state index >= 15 is 0 Å². The van der Waals surface area contributed by atoms with Gasteiger partial charge in [0.15, 0.2) is 0 Å². The Morgan fingerprint density at radius 2 is 1.86 bits per heavy atom. The third-order valence-corrected chi connectivity index (χ3v) is 5.50. The monoisotopic (exact) mass is 378 g/mol. The van der Waals surface area contributed by atoms with Crippen LogP contribution in [-0.4, -0.2) is 37.5 Å². The van der Waals surface area contributed by atoms with Gasteiger partial charge in [-0.05, 0) is 43.2 Å². The summed E-state index contributed by atoms with van der Waals surface area (Å²) >= 11 is 0. The zero-order valence-corrected chi connectivity index (χ0v) is 15.9. The average Bonchev–Trinajstić information content (AvgIpc) is 3.26. The second-order valence-corrected chi connectivity index (χ2v) is 7.34. The van der Waals surface area contributed by atoms with E-state index in [2.05, 4.69) is 0 Å². The van der Waals surface area contributed by atoms with E-state index in [-0.39, 0.29) is 24.3 Å². The summed E-state index contributed by atoms with van der Waals surface area (Å²) in [5, 5.41) is 0. The van der Waals surface area contributed by atoms with Crippen molar-refractivity contribution in [2.45, 2.75) is 25.8 Å². The van der Waals surface area contributed by atoms with Gasteiger partial charge in [0.1, 0.15) is 0 Å². The fourth-order valence-corrected chi connectivity index (χ4v) is 4.14. The minimum Gasteiger partial charge on any atom is -0.465 e. The first-order valence-electron chi connectivity index (χ1n) is 9.39. The number of rotatable bonds is 3. The SMILES string of the molecule is COC(=O)c1cccc(N2CC(C(=O)N3c4ccccc4CC3C)CC2=O)c1. The molecule has 144 valence electrons. The van der Waals surface area contributed by atoms with Gasteiger partial charge in [-0.3, -0.25) is 9.59 Å². The maximum Gasteiger partial charge on any atom is 0.337 e. The molecule has 0 radical (unpaired) electrons. The molecule has 2 atom stereocenters. The number of ether oxygens (including phenoxy) is 1. The Balaban J connectivity index is 1.56. The van der Waals surface area contributed by atoms with E-state index in [0.29, 0.717) is 17.8 Å². The van der Waals surface area contributed by atoms with Crippen LogP contribution >= 0.6 is 0 Å². The van der Waals surface area contributed by atoms with Gasteiger partial charge < -0.3 is 14.5 Å². The van der Waals surface area contributed by atoms with Crippen molar-refractivity contribution in [1.82, 2.24) is 0 Å². The highest BCUT2D eigenvalue weighted by Gasteiger charge is 2.41. The standard InChI is InChI=1S/C22H22N2O4/c1-14-10-15-6-3-4-9-19(15)24(14)21(26)17-12-20(25)23(13-17)18-8-5-7-16(11-18)22(27)28-2/h3-9,11,14,17H,10,12-13H2,1-2H3. The molecule has 0 aliphatic carbocycles. The van der Waals surface area contributed by atoms with Crippen molar-refractivity contribution in [2.24, 2.45) is 5.92 Å². The summed E-state index contributed by atoms with van der Waals surface area (Å²) in [7, 11) is 1.32. The molecule has 6 nitrogen and oxygen atoms in total. The van der Waals surface area contributed by atoms with Gasteiger partial charge in [-0.1, -0.05) is 24.3 Å². The normalized spacial score (nSPS) is 21.0. The molecule has 1 saturated heterocycles. The van der Waals surface area contributed by atoms with Gasteiger partial charge >= 0.3 is 5.97 Å². The largest absolute Gasteiger partial charge is 0.465 e. The minimum atomic E-state index is -0.455. The lowest BCUT2D eigenvalue weighted by Crippen LogP contribution is -2.41. The summed E-state index contributed by atoms with van der Waals surface area (Å²) in [6, 6.07) is 14.8. The van der Waals surface area contributed by atoms with Gasteiger partial charge in [0.05, 0.1) is 18.6 Å². The molecule has 0 bridgehead atoms. The Morgan fingerprint density at radius 1 is 1.07 bits per heavy atom. The Bertz CT molecular complexity index is 955. The number of methoxy groups -OCH3 is 1. The lowest BCUT2D eigenvalue weighted by atomic mass is 10.1. The van der Waals surface area contributed by atoms with Gasteiger partial charge in [-0.25, -0.2) is 4.79 Å². The number of nitrogens with zero attached hydrogens (tertiary/aromatic N) is 2. The van der Waals surface area contributed by atoms with E-state index in [1.807, 2.05) is 36.1 Å². The molecule has 0 spiro atoms. The predicted octanol–water partition coefficient (Wildman–Crippen LogP) is 2.80. The molecule has 6 heteroatoms. The molecular weight excluding hydrogens is 356 g/mol. The molecule has 0 saturated carbocycles. The zero-order chi connectivity index (χ0) is 19.8. The van der Waals surface area contributed by atoms with Gasteiger partial charge in [-0.15, -0.1) is 0 Å². The van der Waals surface area contributed by atoms with Crippen LogP contribution in [-0.2, 0) is 20.7 Å². The number of amides is 2. The lowest BCUT2D eigenvalue weighted by Gasteiger charge is -2.26. The van der Waals surface area contributed by atoms with E-state index in [0.717, 1.165) is 17.7 Å². The van der Waals surface area contributed by atoms with E-state index < -0.39 is 11.9 Å². The summed E-state index contributed by atoms with van der Waals surface area (Å²) in [4.78, 5) is 41.1. The van der Waals surface area contributed by atoms with Crippen LogP contribution in [0.15, 0.2) is 48.5 Å². The lowest BCUT2D eigenvalue weighted by molar-refractivity contribution is -0.124. The number of fused-ring (bicyclic) bond motifs is 1. The molecule has 2 unspecified atom stereocenters. The van der Waals surface area contributed by atoms with Gasteiger partial charge in [-0.2, -0.15) is 0 Å². The molecule has 2 heterocycles. The third-order valence-electron chi connectivity index (χ3n) is 5.50. The summed E-state index contributed by atoms with van der Waals surface area (Å²) in [5.41, 5.74) is 3.09. The number of carbonyl (C=O) groups is 3. The van der Waals surface area contributed by atoms with Crippen LogP contribution < -0.4 is 9.80 Å². The molecule has 0 N–H and O–H groups in total. The summed E-state index contributed by atoms with van der Waals surface area (Å²) in [6.45, 7) is 2.35. The Morgan fingerprint density at radius 3 is 2.64 bits per heavy atom. The smallest absolute Gasteiger partial charge is 0.337 e.